The van der Waals surface area contributed by atoms with Crippen molar-refractivity contribution in [1.29, 1.82) is 5.41 Å². The summed E-state index contributed by atoms with van der Waals surface area (Å²) in [7, 11) is 0. The number of ether oxygens (including phenoxy) is 2. The molecule has 0 bridgehead atoms. The summed E-state index contributed by atoms with van der Waals surface area (Å²) in [5.74, 6) is -1.21. The third kappa shape index (κ3) is 4.00. The lowest BCUT2D eigenvalue weighted by Gasteiger charge is -2.21. The monoisotopic (exact) mass is 497 g/mol. The van der Waals surface area contributed by atoms with E-state index in [1.54, 1.807) is 0 Å². The fraction of sp³-hybridized carbons (Fsp3) is 0.579. The van der Waals surface area contributed by atoms with Gasteiger partial charge in [0.15, 0.2) is 11.7 Å². The zero-order chi connectivity index (χ0) is 22.3. The molecule has 2 aromatic heterocycles. The normalized spacial score (nSPS) is 26.9. The SMILES string of the molecule is N=c1ncn([C@H]2O[C@@H](COC(=O)C3CCCCC3)[C@H](O)[C@H]2O)c2[nH]c(Br)c(C(N)=O)c12. The number of rotatable bonds is 5. The first-order valence-electron chi connectivity index (χ1n) is 10.1. The van der Waals surface area contributed by atoms with Crippen LogP contribution in [0, 0.1) is 11.3 Å². The molecule has 3 heterocycles. The molecule has 2 aromatic rings. The maximum atomic E-state index is 12.3. The molecule has 31 heavy (non-hydrogen) atoms. The predicted octanol–water partition coefficient (Wildman–Crippen LogP) is 0.448. The van der Waals surface area contributed by atoms with Crippen molar-refractivity contribution in [2.24, 2.45) is 11.7 Å². The van der Waals surface area contributed by atoms with Crippen molar-refractivity contribution < 1.29 is 29.3 Å². The molecule has 11 nitrogen and oxygen atoms in total. The van der Waals surface area contributed by atoms with Crippen LogP contribution >= 0.6 is 15.9 Å². The minimum atomic E-state index is -1.36. The number of nitrogens with two attached hydrogens (primary N) is 1. The van der Waals surface area contributed by atoms with Gasteiger partial charge in [-0.3, -0.25) is 19.6 Å². The maximum Gasteiger partial charge on any atom is 0.309 e. The van der Waals surface area contributed by atoms with Crippen LogP contribution in [-0.4, -0.2) is 61.5 Å². The summed E-state index contributed by atoms with van der Waals surface area (Å²) in [6.45, 7) is -0.196. The van der Waals surface area contributed by atoms with Crippen LogP contribution in [0.3, 0.4) is 0 Å². The molecular formula is C19H24BrN5O6. The molecule has 0 unspecified atom stereocenters. The Hall–Kier alpha value is -2.28. The third-order valence-corrected chi connectivity index (χ3v) is 6.52. The number of aliphatic hydroxyl groups is 2. The highest BCUT2D eigenvalue weighted by molar-refractivity contribution is 9.10. The largest absolute Gasteiger partial charge is 0.463 e. The molecule has 1 amide bonds. The van der Waals surface area contributed by atoms with E-state index in [9.17, 15) is 19.8 Å². The summed E-state index contributed by atoms with van der Waals surface area (Å²) in [6.07, 6.45) is 1.25. The highest BCUT2D eigenvalue weighted by Crippen LogP contribution is 2.33. The number of primary amides is 1. The summed E-state index contributed by atoms with van der Waals surface area (Å²) in [5.41, 5.74) is 5.54. The van der Waals surface area contributed by atoms with E-state index >= 15 is 0 Å². The number of esters is 1. The number of fused-ring (bicyclic) bond motifs is 1. The summed E-state index contributed by atoms with van der Waals surface area (Å²) in [6, 6.07) is 0. The molecule has 1 aliphatic carbocycles. The van der Waals surface area contributed by atoms with Crippen molar-refractivity contribution in [3.8, 4) is 0 Å². The van der Waals surface area contributed by atoms with Gasteiger partial charge < -0.3 is 30.4 Å². The number of aromatic amines is 1. The number of nitrogens with zero attached hydrogens (tertiary/aromatic N) is 2. The number of halogens is 1. The molecule has 1 saturated carbocycles. The van der Waals surface area contributed by atoms with E-state index in [1.807, 2.05) is 0 Å². The summed E-state index contributed by atoms with van der Waals surface area (Å²) < 4.78 is 12.8. The van der Waals surface area contributed by atoms with Crippen molar-refractivity contribution >= 4 is 38.8 Å². The van der Waals surface area contributed by atoms with E-state index in [0.717, 1.165) is 32.1 Å². The lowest BCUT2D eigenvalue weighted by atomic mass is 9.89. The number of aliphatic hydroxyl groups excluding tert-OH is 2. The van der Waals surface area contributed by atoms with Crippen LogP contribution in [0.5, 0.6) is 0 Å². The lowest BCUT2D eigenvalue weighted by Crippen LogP contribution is -2.35. The summed E-state index contributed by atoms with van der Waals surface area (Å²) in [5, 5.41) is 29.2. The van der Waals surface area contributed by atoms with Crippen molar-refractivity contribution in [2.45, 2.75) is 56.6 Å². The Labute approximate surface area is 185 Å². The zero-order valence-electron chi connectivity index (χ0n) is 16.6. The van der Waals surface area contributed by atoms with Crippen LogP contribution in [0.25, 0.3) is 11.0 Å². The third-order valence-electron chi connectivity index (χ3n) is 5.93. The second-order valence-electron chi connectivity index (χ2n) is 7.91. The Kier molecular flexibility index (Phi) is 6.15. The standard InChI is InChI=1S/C19H24BrN5O6/c20-14-10(16(22)28)11-15(21)23-7-25(17(11)24-14)18-13(27)12(26)9(31-18)6-30-19(29)8-4-2-1-3-5-8/h7-9,12-13,18,21,24,26-27H,1-6H2,(H2,22,28)/t9-,12-,13+,18-/m0/s1. The van der Waals surface area contributed by atoms with Gasteiger partial charge in [0.05, 0.1) is 21.5 Å². The fourth-order valence-electron chi connectivity index (χ4n) is 4.26. The molecule has 168 valence electrons. The number of carbonyl (C=O) groups is 2. The zero-order valence-corrected chi connectivity index (χ0v) is 18.2. The molecule has 12 heteroatoms. The van der Waals surface area contributed by atoms with E-state index < -0.39 is 30.4 Å². The Morgan fingerprint density at radius 3 is 2.71 bits per heavy atom. The van der Waals surface area contributed by atoms with Gasteiger partial charge in [-0.2, -0.15) is 0 Å². The second-order valence-corrected chi connectivity index (χ2v) is 8.71. The van der Waals surface area contributed by atoms with Crippen molar-refractivity contribution in [3.05, 3.63) is 22.0 Å². The van der Waals surface area contributed by atoms with Crippen molar-refractivity contribution in [3.63, 3.8) is 0 Å². The number of H-pyrrole nitrogens is 1. The molecule has 1 saturated heterocycles. The molecule has 0 radical (unpaired) electrons. The number of hydrogen-bond donors (Lipinski definition) is 5. The Balaban J connectivity index is 1.55. The van der Waals surface area contributed by atoms with E-state index in [-0.39, 0.29) is 45.2 Å². The van der Waals surface area contributed by atoms with Gasteiger partial charge in [-0.25, -0.2) is 4.98 Å². The van der Waals surface area contributed by atoms with Crippen LogP contribution in [0.4, 0.5) is 0 Å². The van der Waals surface area contributed by atoms with Gasteiger partial charge in [0, 0.05) is 0 Å². The topological polar surface area (TPSA) is 177 Å². The van der Waals surface area contributed by atoms with Crippen LogP contribution in [0.15, 0.2) is 10.9 Å². The molecule has 0 spiro atoms. The Morgan fingerprint density at radius 1 is 1.32 bits per heavy atom. The minimum Gasteiger partial charge on any atom is -0.463 e. The van der Waals surface area contributed by atoms with Crippen LogP contribution < -0.4 is 11.2 Å². The first-order chi connectivity index (χ1) is 14.8. The first-order valence-corrected chi connectivity index (χ1v) is 10.9. The molecule has 1 aliphatic heterocycles. The van der Waals surface area contributed by atoms with E-state index in [4.69, 9.17) is 20.6 Å². The highest BCUT2D eigenvalue weighted by atomic mass is 79.9. The van der Waals surface area contributed by atoms with E-state index in [0.29, 0.717) is 0 Å². The average molecular weight is 498 g/mol. The molecule has 2 fully saturated rings. The molecular weight excluding hydrogens is 474 g/mol. The highest BCUT2D eigenvalue weighted by Gasteiger charge is 2.45. The number of hydrogen-bond acceptors (Lipinski definition) is 8. The van der Waals surface area contributed by atoms with Crippen molar-refractivity contribution in [2.75, 3.05) is 6.61 Å². The molecule has 2 aliphatic rings. The second kappa shape index (κ2) is 8.69. The number of nitrogens with one attached hydrogen (secondary N) is 2. The van der Waals surface area contributed by atoms with Gasteiger partial charge in [-0.15, -0.1) is 0 Å². The van der Waals surface area contributed by atoms with Gasteiger partial charge in [0.2, 0.25) is 0 Å². The Morgan fingerprint density at radius 2 is 2.03 bits per heavy atom. The Bertz CT molecular complexity index is 1060. The number of aromatic nitrogens is 3. The van der Waals surface area contributed by atoms with E-state index in [2.05, 4.69) is 25.9 Å². The van der Waals surface area contributed by atoms with Gasteiger partial charge in [-0.05, 0) is 28.8 Å². The molecule has 4 atom stereocenters. The van der Waals surface area contributed by atoms with Crippen LogP contribution in [0.2, 0.25) is 0 Å². The average Bonchev–Trinajstić information content (AvgIpc) is 3.25. The minimum absolute atomic E-state index is 0.0489. The van der Waals surface area contributed by atoms with Crippen LogP contribution in [-0.2, 0) is 14.3 Å². The number of amides is 1. The summed E-state index contributed by atoms with van der Waals surface area (Å²) >= 11 is 3.21. The van der Waals surface area contributed by atoms with Gasteiger partial charge >= 0.3 is 5.97 Å². The van der Waals surface area contributed by atoms with Gasteiger partial charge in [0.1, 0.15) is 36.9 Å². The predicted molar refractivity (Wildman–Crippen MR) is 110 cm³/mol. The first kappa shape index (κ1) is 21.9. The molecule has 4 rings (SSSR count). The van der Waals surface area contributed by atoms with Crippen LogP contribution in [0.1, 0.15) is 48.7 Å². The quantitative estimate of drug-likeness (QED) is 0.372. The molecule has 6 N–H and O–H groups in total. The smallest absolute Gasteiger partial charge is 0.309 e. The van der Waals surface area contributed by atoms with Gasteiger partial charge in [0.25, 0.3) is 5.91 Å². The van der Waals surface area contributed by atoms with Crippen molar-refractivity contribution in [1.82, 2.24) is 14.5 Å². The van der Waals surface area contributed by atoms with E-state index in [1.165, 1.54) is 10.9 Å². The van der Waals surface area contributed by atoms with Gasteiger partial charge in [-0.1, -0.05) is 19.3 Å². The molecule has 0 aromatic carbocycles. The summed E-state index contributed by atoms with van der Waals surface area (Å²) in [4.78, 5) is 31.0. The number of carbonyl (C=O) groups excluding carboxylic acids is 2. The lowest BCUT2D eigenvalue weighted by molar-refractivity contribution is -0.156. The fourth-order valence-corrected chi connectivity index (χ4v) is 4.85. The maximum absolute atomic E-state index is 12.3.